The molecule has 6 heteroatoms. The van der Waals surface area contributed by atoms with E-state index in [9.17, 15) is 8.42 Å². The van der Waals surface area contributed by atoms with E-state index in [1.54, 1.807) is 18.2 Å². The van der Waals surface area contributed by atoms with Crippen LogP contribution in [0.25, 0.3) is 0 Å². The summed E-state index contributed by atoms with van der Waals surface area (Å²) in [4.78, 5) is 2.31. The van der Waals surface area contributed by atoms with E-state index in [-0.39, 0.29) is 17.5 Å². The van der Waals surface area contributed by atoms with Gasteiger partial charge in [-0.25, -0.2) is 13.1 Å². The number of hydrogen-bond acceptors (Lipinski definition) is 4. The Kier molecular flexibility index (Phi) is 4.01. The van der Waals surface area contributed by atoms with Crippen molar-refractivity contribution in [3.8, 4) is 0 Å². The van der Waals surface area contributed by atoms with Crippen molar-refractivity contribution in [2.24, 2.45) is 0 Å². The van der Waals surface area contributed by atoms with Gasteiger partial charge in [-0.2, -0.15) is 0 Å². The van der Waals surface area contributed by atoms with E-state index in [0.717, 1.165) is 19.5 Å². The predicted octanol–water partition coefficient (Wildman–Crippen LogP) is 0.161. The van der Waals surface area contributed by atoms with Crippen LogP contribution in [0.2, 0.25) is 0 Å². The minimum absolute atomic E-state index is 0.0298. The molecule has 0 spiro atoms. The molecular formula is C12H18N2O3S. The van der Waals surface area contributed by atoms with E-state index in [1.165, 1.54) is 6.07 Å². The van der Waals surface area contributed by atoms with Gasteiger partial charge in [0.05, 0.1) is 11.5 Å². The molecule has 1 aliphatic rings. The van der Waals surface area contributed by atoms with Crippen molar-refractivity contribution >= 4 is 10.0 Å². The van der Waals surface area contributed by atoms with Crippen molar-refractivity contribution < 1.29 is 13.5 Å². The van der Waals surface area contributed by atoms with Crippen LogP contribution in [0.5, 0.6) is 0 Å². The average Bonchev–Trinajstić information content (AvgIpc) is 2.74. The second-order valence-electron chi connectivity index (χ2n) is 4.67. The molecule has 1 fully saturated rings. The molecular weight excluding hydrogens is 252 g/mol. The molecule has 1 heterocycles. The maximum atomic E-state index is 12.2. The predicted molar refractivity (Wildman–Crippen MR) is 68.6 cm³/mol. The molecule has 1 aromatic rings. The fraction of sp³-hybridized carbons (Fsp3) is 0.500. The highest BCUT2D eigenvalue weighted by Crippen LogP contribution is 2.14. The first-order valence-electron chi connectivity index (χ1n) is 5.92. The standard InChI is InChI=1S/C12H18N2O3S/c1-14-6-5-11(8-14)13-18(16,17)12-4-2-3-10(7-12)9-15/h2-4,7,11,13,15H,5-6,8-9H2,1H3. The van der Waals surface area contributed by atoms with Crippen LogP contribution in [-0.4, -0.2) is 44.6 Å². The summed E-state index contributed by atoms with van der Waals surface area (Å²) in [6.07, 6.45) is 0.829. The highest BCUT2D eigenvalue weighted by Gasteiger charge is 2.25. The van der Waals surface area contributed by atoms with Crippen molar-refractivity contribution in [1.29, 1.82) is 0 Å². The maximum absolute atomic E-state index is 12.2. The lowest BCUT2D eigenvalue weighted by molar-refractivity contribution is 0.281. The molecule has 1 aliphatic heterocycles. The molecule has 5 nitrogen and oxygen atoms in total. The number of sulfonamides is 1. The molecule has 0 saturated carbocycles. The van der Waals surface area contributed by atoms with Crippen LogP contribution in [0.4, 0.5) is 0 Å². The van der Waals surface area contributed by atoms with Gasteiger partial charge in [0.25, 0.3) is 0 Å². The first-order chi connectivity index (χ1) is 8.51. The lowest BCUT2D eigenvalue weighted by atomic mass is 10.2. The minimum atomic E-state index is -3.49. The summed E-state index contributed by atoms with van der Waals surface area (Å²) in [6.45, 7) is 1.48. The molecule has 0 amide bonds. The number of nitrogens with one attached hydrogen (secondary N) is 1. The zero-order valence-corrected chi connectivity index (χ0v) is 11.2. The highest BCUT2D eigenvalue weighted by molar-refractivity contribution is 7.89. The van der Waals surface area contributed by atoms with Crippen molar-refractivity contribution in [3.63, 3.8) is 0 Å². The first kappa shape index (κ1) is 13.5. The molecule has 0 radical (unpaired) electrons. The second-order valence-corrected chi connectivity index (χ2v) is 6.39. The lowest BCUT2D eigenvalue weighted by Gasteiger charge is -2.13. The summed E-state index contributed by atoms with van der Waals surface area (Å²) >= 11 is 0. The van der Waals surface area contributed by atoms with Crippen LogP contribution in [0.15, 0.2) is 29.2 Å². The number of likely N-dealkylation sites (tertiary alicyclic amines) is 1. The van der Waals surface area contributed by atoms with Gasteiger partial charge in [0, 0.05) is 12.6 Å². The van der Waals surface area contributed by atoms with Crippen molar-refractivity contribution in [2.45, 2.75) is 24.0 Å². The summed E-state index contributed by atoms with van der Waals surface area (Å²) in [7, 11) is -1.51. The summed E-state index contributed by atoms with van der Waals surface area (Å²) in [6, 6.07) is 6.35. The number of aliphatic hydroxyl groups excluding tert-OH is 1. The molecule has 18 heavy (non-hydrogen) atoms. The van der Waals surface area contributed by atoms with Gasteiger partial charge in [-0.15, -0.1) is 0 Å². The Morgan fingerprint density at radius 3 is 2.89 bits per heavy atom. The zero-order valence-electron chi connectivity index (χ0n) is 10.3. The Labute approximate surface area is 107 Å². The van der Waals surface area contributed by atoms with Crippen LogP contribution in [0.1, 0.15) is 12.0 Å². The Bertz CT molecular complexity index is 516. The molecule has 1 saturated heterocycles. The molecule has 100 valence electrons. The van der Waals surface area contributed by atoms with Gasteiger partial charge in [0.1, 0.15) is 0 Å². The summed E-state index contributed by atoms with van der Waals surface area (Å²) in [5.74, 6) is 0. The topological polar surface area (TPSA) is 69.6 Å². The third-order valence-electron chi connectivity index (χ3n) is 3.10. The quantitative estimate of drug-likeness (QED) is 0.818. The number of aliphatic hydroxyl groups is 1. The fourth-order valence-electron chi connectivity index (χ4n) is 2.13. The van der Waals surface area contributed by atoms with E-state index < -0.39 is 10.0 Å². The van der Waals surface area contributed by atoms with Crippen molar-refractivity contribution in [2.75, 3.05) is 20.1 Å². The first-order valence-corrected chi connectivity index (χ1v) is 7.40. The minimum Gasteiger partial charge on any atom is -0.392 e. The Morgan fingerprint density at radius 2 is 2.28 bits per heavy atom. The van der Waals surface area contributed by atoms with Crippen molar-refractivity contribution in [3.05, 3.63) is 29.8 Å². The molecule has 2 N–H and O–H groups in total. The zero-order chi connectivity index (χ0) is 13.2. The van der Waals surface area contributed by atoms with Gasteiger partial charge >= 0.3 is 0 Å². The molecule has 1 unspecified atom stereocenters. The maximum Gasteiger partial charge on any atom is 0.240 e. The molecule has 1 aromatic carbocycles. The number of hydrogen-bond donors (Lipinski definition) is 2. The van der Waals surface area contributed by atoms with Gasteiger partial charge in [-0.05, 0) is 37.7 Å². The van der Waals surface area contributed by atoms with Crippen molar-refractivity contribution in [1.82, 2.24) is 9.62 Å². The SMILES string of the molecule is CN1CCC(NS(=O)(=O)c2cccc(CO)c2)C1. The van der Waals surface area contributed by atoms with Gasteiger partial charge < -0.3 is 10.0 Å². The molecule has 0 aliphatic carbocycles. The lowest BCUT2D eigenvalue weighted by Crippen LogP contribution is -2.36. The van der Waals surface area contributed by atoms with Crippen LogP contribution in [0, 0.1) is 0 Å². The van der Waals surface area contributed by atoms with Crippen LogP contribution in [-0.2, 0) is 16.6 Å². The Balaban J connectivity index is 2.14. The number of nitrogens with zero attached hydrogens (tertiary/aromatic N) is 1. The van der Waals surface area contributed by atoms with E-state index in [4.69, 9.17) is 5.11 Å². The Hall–Kier alpha value is -0.950. The van der Waals surface area contributed by atoms with Gasteiger partial charge in [0.15, 0.2) is 0 Å². The number of benzene rings is 1. The number of likely N-dealkylation sites (N-methyl/N-ethyl adjacent to an activating group) is 1. The molecule has 1 atom stereocenters. The summed E-state index contributed by atoms with van der Waals surface area (Å²) < 4.78 is 27.0. The van der Waals surface area contributed by atoms with E-state index in [0.29, 0.717) is 5.56 Å². The Morgan fingerprint density at radius 1 is 1.50 bits per heavy atom. The summed E-state index contributed by atoms with van der Waals surface area (Å²) in [5, 5.41) is 9.02. The fourth-order valence-corrected chi connectivity index (χ4v) is 3.46. The smallest absolute Gasteiger partial charge is 0.240 e. The molecule has 2 rings (SSSR count). The summed E-state index contributed by atoms with van der Waals surface area (Å²) in [5.41, 5.74) is 0.599. The third-order valence-corrected chi connectivity index (χ3v) is 4.62. The second kappa shape index (κ2) is 5.36. The van der Waals surface area contributed by atoms with Crippen LogP contribution < -0.4 is 4.72 Å². The third kappa shape index (κ3) is 3.08. The normalized spacial score (nSPS) is 21.3. The largest absolute Gasteiger partial charge is 0.392 e. The van der Waals surface area contributed by atoms with Crippen LogP contribution in [0.3, 0.4) is 0 Å². The van der Waals surface area contributed by atoms with Crippen LogP contribution >= 0.6 is 0 Å². The van der Waals surface area contributed by atoms with E-state index in [1.807, 2.05) is 7.05 Å². The van der Waals surface area contributed by atoms with E-state index in [2.05, 4.69) is 9.62 Å². The monoisotopic (exact) mass is 270 g/mol. The van der Waals surface area contributed by atoms with Gasteiger partial charge in [0.2, 0.25) is 10.0 Å². The number of rotatable bonds is 4. The van der Waals surface area contributed by atoms with E-state index >= 15 is 0 Å². The molecule has 0 aromatic heterocycles. The average molecular weight is 270 g/mol. The van der Waals surface area contributed by atoms with Gasteiger partial charge in [-0.3, -0.25) is 0 Å². The van der Waals surface area contributed by atoms with Gasteiger partial charge in [-0.1, -0.05) is 12.1 Å². The highest BCUT2D eigenvalue weighted by atomic mass is 32.2. The molecule has 0 bridgehead atoms.